The Bertz CT molecular complexity index is 778. The zero-order valence-electron chi connectivity index (χ0n) is 17.1. The summed E-state index contributed by atoms with van der Waals surface area (Å²) in [5.41, 5.74) is 4.32. The van der Waals surface area contributed by atoms with E-state index >= 15 is 0 Å². The first-order chi connectivity index (χ1) is 13.6. The normalized spacial score (nSPS) is 19.1. The van der Waals surface area contributed by atoms with Gasteiger partial charge in [-0.1, -0.05) is 0 Å². The summed E-state index contributed by atoms with van der Waals surface area (Å²) in [6.45, 7) is 10.9. The van der Waals surface area contributed by atoms with Crippen LogP contribution in [0.5, 0.6) is 0 Å². The molecule has 0 saturated carbocycles. The molecule has 1 amide bonds. The van der Waals surface area contributed by atoms with Crippen LogP contribution in [0.4, 0.5) is 0 Å². The number of ether oxygens (including phenoxy) is 1. The average molecular weight is 382 g/mol. The SMILES string of the molecule is Cc1ccc(C)n1-c1ccc(C(=O)N2CCC(CN3CCOCC3)CC2)cc1. The van der Waals surface area contributed by atoms with Gasteiger partial charge in [-0.15, -0.1) is 0 Å². The topological polar surface area (TPSA) is 37.7 Å². The van der Waals surface area contributed by atoms with Crippen molar-refractivity contribution >= 4 is 5.91 Å². The van der Waals surface area contributed by atoms with Crippen LogP contribution >= 0.6 is 0 Å². The van der Waals surface area contributed by atoms with Gasteiger partial charge < -0.3 is 14.2 Å². The lowest BCUT2D eigenvalue weighted by atomic mass is 9.95. The lowest BCUT2D eigenvalue weighted by molar-refractivity contribution is 0.0243. The Morgan fingerprint density at radius 2 is 1.54 bits per heavy atom. The van der Waals surface area contributed by atoms with Gasteiger partial charge in [0.05, 0.1) is 13.2 Å². The molecule has 3 heterocycles. The van der Waals surface area contributed by atoms with Gasteiger partial charge in [0.2, 0.25) is 0 Å². The van der Waals surface area contributed by atoms with Gasteiger partial charge in [-0.2, -0.15) is 0 Å². The summed E-state index contributed by atoms with van der Waals surface area (Å²) in [6, 6.07) is 12.3. The van der Waals surface area contributed by atoms with Crippen LogP contribution in [0.1, 0.15) is 34.6 Å². The summed E-state index contributed by atoms with van der Waals surface area (Å²) < 4.78 is 7.65. The third-order valence-corrected chi connectivity index (χ3v) is 6.17. The van der Waals surface area contributed by atoms with Gasteiger partial charge in [-0.3, -0.25) is 9.69 Å². The Labute approximate surface area is 167 Å². The van der Waals surface area contributed by atoms with Crippen molar-refractivity contribution < 1.29 is 9.53 Å². The van der Waals surface area contributed by atoms with E-state index in [0.29, 0.717) is 5.92 Å². The molecule has 2 aliphatic heterocycles. The second-order valence-corrected chi connectivity index (χ2v) is 8.15. The zero-order chi connectivity index (χ0) is 19.5. The molecule has 1 aromatic carbocycles. The summed E-state index contributed by atoms with van der Waals surface area (Å²) in [6.07, 6.45) is 2.20. The molecular formula is C23H31N3O2. The molecular weight excluding hydrogens is 350 g/mol. The molecule has 0 spiro atoms. The molecule has 28 heavy (non-hydrogen) atoms. The van der Waals surface area contributed by atoms with Gasteiger partial charge in [0.1, 0.15) is 0 Å². The van der Waals surface area contributed by atoms with Crippen LogP contribution < -0.4 is 0 Å². The van der Waals surface area contributed by atoms with Crippen LogP contribution in [0.15, 0.2) is 36.4 Å². The highest BCUT2D eigenvalue weighted by molar-refractivity contribution is 5.94. The fraction of sp³-hybridized carbons (Fsp3) is 0.522. The highest BCUT2D eigenvalue weighted by Crippen LogP contribution is 2.22. The number of morpholine rings is 1. The maximum Gasteiger partial charge on any atom is 0.253 e. The highest BCUT2D eigenvalue weighted by Gasteiger charge is 2.25. The number of piperidine rings is 1. The minimum absolute atomic E-state index is 0.164. The second kappa shape index (κ2) is 8.50. The van der Waals surface area contributed by atoms with Crippen LogP contribution in [0, 0.1) is 19.8 Å². The molecule has 0 radical (unpaired) electrons. The monoisotopic (exact) mass is 381 g/mol. The van der Waals surface area contributed by atoms with Gasteiger partial charge in [-0.05, 0) is 69.0 Å². The maximum absolute atomic E-state index is 12.9. The second-order valence-electron chi connectivity index (χ2n) is 8.15. The number of likely N-dealkylation sites (tertiary alicyclic amines) is 1. The third kappa shape index (κ3) is 4.15. The molecule has 2 fully saturated rings. The molecule has 0 N–H and O–H groups in total. The average Bonchev–Trinajstić information content (AvgIpc) is 3.07. The van der Waals surface area contributed by atoms with Crippen molar-refractivity contribution in [2.24, 2.45) is 5.92 Å². The van der Waals surface area contributed by atoms with E-state index in [1.807, 2.05) is 17.0 Å². The Hall–Kier alpha value is -2.11. The van der Waals surface area contributed by atoms with Crippen LogP contribution in [0.2, 0.25) is 0 Å². The van der Waals surface area contributed by atoms with Crippen LogP contribution in [0.25, 0.3) is 5.69 Å². The molecule has 0 bridgehead atoms. The molecule has 2 aliphatic rings. The van der Waals surface area contributed by atoms with E-state index in [1.54, 1.807) is 0 Å². The summed E-state index contributed by atoms with van der Waals surface area (Å²) >= 11 is 0. The molecule has 0 atom stereocenters. The highest BCUT2D eigenvalue weighted by atomic mass is 16.5. The quantitative estimate of drug-likeness (QED) is 0.816. The summed E-state index contributed by atoms with van der Waals surface area (Å²) in [5.74, 6) is 0.863. The van der Waals surface area contributed by atoms with E-state index in [9.17, 15) is 4.79 Å². The first kappa shape index (κ1) is 19.2. The van der Waals surface area contributed by atoms with E-state index in [-0.39, 0.29) is 5.91 Å². The molecule has 2 saturated heterocycles. The smallest absolute Gasteiger partial charge is 0.253 e. The zero-order valence-corrected chi connectivity index (χ0v) is 17.1. The number of rotatable bonds is 4. The fourth-order valence-corrected chi connectivity index (χ4v) is 4.48. The van der Waals surface area contributed by atoms with Gasteiger partial charge in [0.15, 0.2) is 0 Å². The van der Waals surface area contributed by atoms with E-state index in [2.05, 4.69) is 47.6 Å². The van der Waals surface area contributed by atoms with Crippen molar-refractivity contribution in [1.29, 1.82) is 0 Å². The standard InChI is InChI=1S/C23H31N3O2/c1-18-3-4-19(2)26(18)22-7-5-21(6-8-22)23(27)25-11-9-20(10-12-25)17-24-13-15-28-16-14-24/h3-8,20H,9-17H2,1-2H3. The number of aromatic nitrogens is 1. The van der Waals surface area contributed by atoms with Crippen molar-refractivity contribution in [3.05, 3.63) is 53.3 Å². The molecule has 5 heteroatoms. The van der Waals surface area contributed by atoms with Gasteiger partial charge in [0.25, 0.3) is 5.91 Å². The molecule has 2 aromatic rings. The Morgan fingerprint density at radius 1 is 0.929 bits per heavy atom. The number of amides is 1. The number of carbonyl (C=O) groups is 1. The van der Waals surface area contributed by atoms with E-state index in [1.165, 1.54) is 11.4 Å². The lowest BCUT2D eigenvalue weighted by Gasteiger charge is -2.36. The maximum atomic E-state index is 12.9. The largest absolute Gasteiger partial charge is 0.379 e. The van der Waals surface area contributed by atoms with E-state index in [0.717, 1.165) is 70.0 Å². The molecule has 150 valence electrons. The van der Waals surface area contributed by atoms with Gasteiger partial charge >= 0.3 is 0 Å². The predicted octanol–water partition coefficient (Wildman–Crippen LogP) is 3.28. The van der Waals surface area contributed by atoms with Crippen molar-refractivity contribution in [2.75, 3.05) is 45.9 Å². The summed E-state index contributed by atoms with van der Waals surface area (Å²) in [4.78, 5) is 17.5. The molecule has 1 aromatic heterocycles. The Kier molecular flexibility index (Phi) is 5.83. The van der Waals surface area contributed by atoms with Crippen molar-refractivity contribution in [3.63, 3.8) is 0 Å². The minimum Gasteiger partial charge on any atom is -0.379 e. The molecule has 0 unspecified atom stereocenters. The number of carbonyl (C=O) groups excluding carboxylic acids is 1. The number of benzene rings is 1. The predicted molar refractivity (Wildman–Crippen MR) is 111 cm³/mol. The van der Waals surface area contributed by atoms with Crippen LogP contribution in [-0.4, -0.2) is 66.2 Å². The van der Waals surface area contributed by atoms with Crippen molar-refractivity contribution in [1.82, 2.24) is 14.4 Å². The minimum atomic E-state index is 0.164. The van der Waals surface area contributed by atoms with Crippen molar-refractivity contribution in [3.8, 4) is 5.69 Å². The first-order valence-electron chi connectivity index (χ1n) is 10.5. The lowest BCUT2D eigenvalue weighted by Crippen LogP contribution is -2.44. The first-order valence-corrected chi connectivity index (χ1v) is 10.5. The third-order valence-electron chi connectivity index (χ3n) is 6.17. The molecule has 0 aliphatic carbocycles. The number of hydrogen-bond donors (Lipinski definition) is 0. The van der Waals surface area contributed by atoms with Crippen LogP contribution in [-0.2, 0) is 4.74 Å². The van der Waals surface area contributed by atoms with E-state index in [4.69, 9.17) is 4.74 Å². The Morgan fingerprint density at radius 3 is 2.14 bits per heavy atom. The van der Waals surface area contributed by atoms with E-state index < -0.39 is 0 Å². The molecule has 5 nitrogen and oxygen atoms in total. The number of hydrogen-bond acceptors (Lipinski definition) is 3. The Balaban J connectivity index is 1.34. The van der Waals surface area contributed by atoms with Gasteiger partial charge in [0, 0.05) is 55.4 Å². The number of aryl methyl sites for hydroxylation is 2. The summed E-state index contributed by atoms with van der Waals surface area (Å²) in [7, 11) is 0. The van der Waals surface area contributed by atoms with Crippen molar-refractivity contribution in [2.45, 2.75) is 26.7 Å². The molecule has 4 rings (SSSR count). The summed E-state index contributed by atoms with van der Waals surface area (Å²) in [5, 5.41) is 0. The fourth-order valence-electron chi connectivity index (χ4n) is 4.48. The van der Waals surface area contributed by atoms with Crippen LogP contribution in [0.3, 0.4) is 0 Å². The van der Waals surface area contributed by atoms with Gasteiger partial charge in [-0.25, -0.2) is 0 Å². The number of nitrogens with zero attached hydrogens (tertiary/aromatic N) is 3.